The van der Waals surface area contributed by atoms with E-state index in [9.17, 15) is 8.42 Å². The second-order valence-electron chi connectivity index (χ2n) is 5.71. The van der Waals surface area contributed by atoms with E-state index in [1.165, 1.54) is 0 Å². The van der Waals surface area contributed by atoms with Gasteiger partial charge in [-0.1, -0.05) is 6.92 Å². The van der Waals surface area contributed by atoms with Crippen LogP contribution in [0, 0.1) is 13.8 Å². The molecule has 23 heavy (non-hydrogen) atoms. The van der Waals surface area contributed by atoms with Crippen molar-refractivity contribution < 1.29 is 8.42 Å². The Labute approximate surface area is 142 Å². The molecular weight excluding hydrogens is 334 g/mol. The van der Waals surface area contributed by atoms with E-state index in [-0.39, 0.29) is 17.5 Å². The van der Waals surface area contributed by atoms with E-state index < -0.39 is 9.84 Å². The lowest BCUT2D eigenvalue weighted by atomic mass is 10.2. The summed E-state index contributed by atoms with van der Waals surface area (Å²) in [5.41, 5.74) is 5.40. The van der Waals surface area contributed by atoms with Crippen LogP contribution in [0.15, 0.2) is 5.10 Å². The summed E-state index contributed by atoms with van der Waals surface area (Å²) in [7, 11) is -2.93. The summed E-state index contributed by atoms with van der Waals surface area (Å²) in [6, 6.07) is -0.0823. The van der Waals surface area contributed by atoms with Gasteiger partial charge in [0.2, 0.25) is 0 Å². The average molecular weight is 358 g/mol. The van der Waals surface area contributed by atoms with Crippen molar-refractivity contribution in [1.29, 1.82) is 0 Å². The maximum atomic E-state index is 11.7. The Kier molecular flexibility index (Phi) is 5.74. The molecule has 1 aromatic rings. The van der Waals surface area contributed by atoms with E-state index in [1.54, 1.807) is 6.21 Å². The maximum absolute atomic E-state index is 11.7. The van der Waals surface area contributed by atoms with Gasteiger partial charge in [0.1, 0.15) is 0 Å². The molecule has 1 aromatic heterocycles. The van der Waals surface area contributed by atoms with Gasteiger partial charge in [-0.3, -0.25) is 10.1 Å². The van der Waals surface area contributed by atoms with Gasteiger partial charge in [0.15, 0.2) is 14.9 Å². The SMILES string of the molecule is CCCNC(=S)N/N=C\c1c(C)nn([C@H]2CCS(=O)(=O)C2)c1C. The van der Waals surface area contributed by atoms with Crippen LogP contribution in [0.5, 0.6) is 0 Å². The van der Waals surface area contributed by atoms with Crippen LogP contribution in [0.4, 0.5) is 0 Å². The quantitative estimate of drug-likeness (QED) is 0.465. The number of hydrogen-bond acceptors (Lipinski definition) is 5. The molecule has 1 saturated heterocycles. The fourth-order valence-electron chi connectivity index (χ4n) is 2.62. The smallest absolute Gasteiger partial charge is 0.186 e. The van der Waals surface area contributed by atoms with Crippen LogP contribution in [0.3, 0.4) is 0 Å². The molecule has 0 aliphatic carbocycles. The van der Waals surface area contributed by atoms with E-state index in [4.69, 9.17) is 12.2 Å². The average Bonchev–Trinajstić information content (AvgIpc) is 2.98. The molecule has 2 N–H and O–H groups in total. The number of hydrazone groups is 1. The van der Waals surface area contributed by atoms with Crippen molar-refractivity contribution in [3.05, 3.63) is 17.0 Å². The Morgan fingerprint density at radius 3 is 2.87 bits per heavy atom. The molecule has 9 heteroatoms. The van der Waals surface area contributed by atoms with Crippen molar-refractivity contribution in [2.45, 2.75) is 39.7 Å². The summed E-state index contributed by atoms with van der Waals surface area (Å²) in [5, 5.41) is 12.1. The molecule has 1 fully saturated rings. The molecule has 1 atom stereocenters. The van der Waals surface area contributed by atoms with Gasteiger partial charge in [0.25, 0.3) is 0 Å². The second kappa shape index (κ2) is 7.39. The van der Waals surface area contributed by atoms with Gasteiger partial charge in [-0.15, -0.1) is 0 Å². The fourth-order valence-corrected chi connectivity index (χ4v) is 4.47. The summed E-state index contributed by atoms with van der Waals surface area (Å²) in [6.07, 6.45) is 3.28. The number of aryl methyl sites for hydroxylation is 1. The van der Waals surface area contributed by atoms with Crippen molar-refractivity contribution in [2.24, 2.45) is 5.10 Å². The first-order chi connectivity index (χ1) is 10.8. The second-order valence-corrected chi connectivity index (χ2v) is 8.35. The van der Waals surface area contributed by atoms with Crippen molar-refractivity contribution in [3.8, 4) is 0 Å². The largest absolute Gasteiger partial charge is 0.361 e. The third-order valence-corrected chi connectivity index (χ3v) is 5.82. The third-order valence-electron chi connectivity index (χ3n) is 3.83. The van der Waals surface area contributed by atoms with Gasteiger partial charge < -0.3 is 5.32 Å². The number of sulfone groups is 1. The Hall–Kier alpha value is -1.48. The molecule has 1 aliphatic rings. The van der Waals surface area contributed by atoms with Crippen LogP contribution >= 0.6 is 12.2 Å². The summed E-state index contributed by atoms with van der Waals surface area (Å²) < 4.78 is 25.1. The van der Waals surface area contributed by atoms with Crippen LogP contribution in [0.1, 0.15) is 42.8 Å². The molecular formula is C14H23N5O2S2. The monoisotopic (exact) mass is 357 g/mol. The first-order valence-electron chi connectivity index (χ1n) is 7.67. The van der Waals surface area contributed by atoms with Gasteiger partial charge in [-0.05, 0) is 38.9 Å². The fraction of sp³-hybridized carbons (Fsp3) is 0.643. The highest BCUT2D eigenvalue weighted by Gasteiger charge is 2.31. The first-order valence-corrected chi connectivity index (χ1v) is 9.90. The van der Waals surface area contributed by atoms with Crippen LogP contribution in [-0.2, 0) is 9.84 Å². The zero-order valence-corrected chi connectivity index (χ0v) is 15.3. The van der Waals surface area contributed by atoms with Gasteiger partial charge in [0, 0.05) is 17.8 Å². The topological polar surface area (TPSA) is 88.4 Å². The Morgan fingerprint density at radius 2 is 2.26 bits per heavy atom. The molecule has 0 radical (unpaired) electrons. The predicted molar refractivity (Wildman–Crippen MR) is 95.6 cm³/mol. The zero-order valence-electron chi connectivity index (χ0n) is 13.7. The van der Waals surface area contributed by atoms with E-state index in [2.05, 4.69) is 27.9 Å². The van der Waals surface area contributed by atoms with Gasteiger partial charge >= 0.3 is 0 Å². The van der Waals surface area contributed by atoms with Crippen molar-refractivity contribution in [2.75, 3.05) is 18.1 Å². The summed E-state index contributed by atoms with van der Waals surface area (Å²) >= 11 is 5.09. The Bertz CT molecular complexity index is 709. The van der Waals surface area contributed by atoms with E-state index in [0.717, 1.165) is 29.9 Å². The number of thiocarbonyl (C=S) groups is 1. The lowest BCUT2D eigenvalue weighted by molar-refractivity contribution is 0.486. The molecule has 0 amide bonds. The predicted octanol–water partition coefficient (Wildman–Crippen LogP) is 1.07. The molecule has 0 saturated carbocycles. The molecule has 128 valence electrons. The minimum atomic E-state index is -2.93. The number of hydrogen-bond donors (Lipinski definition) is 2. The summed E-state index contributed by atoms with van der Waals surface area (Å²) in [5.74, 6) is 0.396. The molecule has 2 rings (SSSR count). The van der Waals surface area contributed by atoms with Crippen LogP contribution in [0.2, 0.25) is 0 Å². The van der Waals surface area contributed by atoms with E-state index in [0.29, 0.717) is 11.5 Å². The zero-order chi connectivity index (χ0) is 17.0. The van der Waals surface area contributed by atoms with Gasteiger partial charge in [0.05, 0.1) is 29.5 Å². The molecule has 0 aromatic carbocycles. The van der Waals surface area contributed by atoms with Gasteiger partial charge in [-0.2, -0.15) is 10.2 Å². The Balaban J connectivity index is 2.08. The molecule has 0 unspecified atom stereocenters. The number of nitrogens with zero attached hydrogens (tertiary/aromatic N) is 3. The lowest BCUT2D eigenvalue weighted by Crippen LogP contribution is -2.32. The molecule has 0 spiro atoms. The highest BCUT2D eigenvalue weighted by Crippen LogP contribution is 2.26. The van der Waals surface area contributed by atoms with E-state index in [1.807, 2.05) is 18.5 Å². The summed E-state index contributed by atoms with van der Waals surface area (Å²) in [6.45, 7) is 6.68. The number of nitrogens with one attached hydrogen (secondary N) is 2. The highest BCUT2D eigenvalue weighted by atomic mass is 32.2. The first kappa shape index (κ1) is 17.9. The number of rotatable bonds is 5. The minimum Gasteiger partial charge on any atom is -0.361 e. The number of aromatic nitrogens is 2. The van der Waals surface area contributed by atoms with Crippen LogP contribution in [0.25, 0.3) is 0 Å². The molecule has 2 heterocycles. The normalized spacial score (nSPS) is 20.0. The third kappa shape index (κ3) is 4.51. The van der Waals surface area contributed by atoms with Crippen molar-refractivity contribution in [3.63, 3.8) is 0 Å². The standard InChI is InChI=1S/C14H23N5O2S2/c1-4-6-15-14(22)17-16-8-13-10(2)18-19(11(13)3)12-5-7-23(20,21)9-12/h8,12H,4-7,9H2,1-3H3,(H2,15,17,22)/b16-8-/t12-/m0/s1. The van der Waals surface area contributed by atoms with Crippen LogP contribution < -0.4 is 10.7 Å². The molecule has 7 nitrogen and oxygen atoms in total. The lowest BCUT2D eigenvalue weighted by Gasteiger charge is -2.10. The van der Waals surface area contributed by atoms with Gasteiger partial charge in [-0.25, -0.2) is 8.42 Å². The maximum Gasteiger partial charge on any atom is 0.186 e. The van der Waals surface area contributed by atoms with E-state index >= 15 is 0 Å². The van der Waals surface area contributed by atoms with Crippen molar-refractivity contribution >= 4 is 33.4 Å². The van der Waals surface area contributed by atoms with Crippen molar-refractivity contribution in [1.82, 2.24) is 20.5 Å². The van der Waals surface area contributed by atoms with Crippen LogP contribution in [-0.4, -0.2) is 47.6 Å². The molecule has 1 aliphatic heterocycles. The summed E-state index contributed by atoms with van der Waals surface area (Å²) in [4.78, 5) is 0. The molecule has 0 bridgehead atoms. The highest BCUT2D eigenvalue weighted by molar-refractivity contribution is 7.91. The minimum absolute atomic E-state index is 0.0823. The Morgan fingerprint density at radius 1 is 1.52 bits per heavy atom.